The first kappa shape index (κ1) is 33.0. The number of nitro groups is 1. The summed E-state index contributed by atoms with van der Waals surface area (Å²) in [5.41, 5.74) is -1.90. The van der Waals surface area contributed by atoms with Crippen molar-refractivity contribution in [2.45, 2.75) is 57.0 Å². The van der Waals surface area contributed by atoms with E-state index in [0.717, 1.165) is 11.6 Å². The second-order valence-corrected chi connectivity index (χ2v) is 11.8. The Morgan fingerprint density at radius 1 is 1.04 bits per heavy atom. The molecular formula is C33H34F4N4O5. The second kappa shape index (κ2) is 13.2. The molecule has 1 aliphatic rings. The van der Waals surface area contributed by atoms with Crippen LogP contribution in [0, 0.1) is 15.9 Å². The highest BCUT2D eigenvalue weighted by Gasteiger charge is 2.57. The molecule has 0 spiro atoms. The third kappa shape index (κ3) is 6.91. The first-order valence-electron chi connectivity index (χ1n) is 14.8. The van der Waals surface area contributed by atoms with Crippen molar-refractivity contribution in [3.63, 3.8) is 0 Å². The van der Waals surface area contributed by atoms with E-state index in [1.807, 2.05) is 6.07 Å². The van der Waals surface area contributed by atoms with Crippen molar-refractivity contribution >= 4 is 27.6 Å². The molecule has 5 aromatic rings. The van der Waals surface area contributed by atoms with Crippen molar-refractivity contribution in [1.29, 1.82) is 0 Å². The molecule has 1 aliphatic heterocycles. The summed E-state index contributed by atoms with van der Waals surface area (Å²) in [7, 11) is 0. The third-order valence-electron chi connectivity index (χ3n) is 8.08. The number of hydrogen-bond acceptors (Lipinski definition) is 7. The standard InChI is InChI=1S/C30H26F4N4O4.C3H8O/c31-21-6-8-24-27(14-21)42-35-28(24)20-10-12-36(13-11-20)18-29(39,30(32,33)34)25-17-37(16-19-4-2-1-3-5-19)26-15-22(38(40)41)7-9-23(25)26;1-3(2)4/h1-9,14-15,17,20,39H,10-13,16,18H2;3-4H,1-2H3. The van der Waals surface area contributed by atoms with Crippen molar-refractivity contribution in [3.8, 4) is 0 Å². The molecular weight excluding hydrogens is 608 g/mol. The van der Waals surface area contributed by atoms with E-state index in [0.29, 0.717) is 29.5 Å². The number of halogens is 4. The van der Waals surface area contributed by atoms with Gasteiger partial charge in [0.25, 0.3) is 5.69 Å². The summed E-state index contributed by atoms with van der Waals surface area (Å²) in [6.07, 6.45) is -3.02. The molecule has 0 amide bonds. The Hall–Kier alpha value is -4.33. The number of β-amino-alcohol motifs (C(OH)–C–C–N with tert-alkyl or cyclic N) is 1. The highest BCUT2D eigenvalue weighted by Crippen LogP contribution is 2.45. The van der Waals surface area contributed by atoms with E-state index in [9.17, 15) is 32.8 Å². The maximum atomic E-state index is 14.8. The van der Waals surface area contributed by atoms with Crippen LogP contribution in [0.4, 0.5) is 23.2 Å². The molecule has 244 valence electrons. The Morgan fingerprint density at radius 2 is 1.70 bits per heavy atom. The van der Waals surface area contributed by atoms with E-state index in [1.165, 1.54) is 35.0 Å². The molecule has 9 nitrogen and oxygen atoms in total. The molecule has 46 heavy (non-hydrogen) atoms. The monoisotopic (exact) mass is 642 g/mol. The van der Waals surface area contributed by atoms with E-state index in [1.54, 1.807) is 49.1 Å². The highest BCUT2D eigenvalue weighted by atomic mass is 19.4. The quantitative estimate of drug-likeness (QED) is 0.113. The summed E-state index contributed by atoms with van der Waals surface area (Å²) in [4.78, 5) is 12.4. The predicted octanol–water partition coefficient (Wildman–Crippen LogP) is 6.89. The molecule has 2 N–H and O–H groups in total. The topological polar surface area (TPSA) is 118 Å². The van der Waals surface area contributed by atoms with Crippen LogP contribution in [-0.4, -0.2) is 61.7 Å². The number of alkyl halides is 3. The number of nitro benzene ring substituents is 1. The minimum absolute atomic E-state index is 0.0903. The highest BCUT2D eigenvalue weighted by molar-refractivity contribution is 5.87. The summed E-state index contributed by atoms with van der Waals surface area (Å²) >= 11 is 0. The van der Waals surface area contributed by atoms with Gasteiger partial charge < -0.3 is 19.3 Å². The van der Waals surface area contributed by atoms with Crippen molar-refractivity contribution in [2.24, 2.45) is 0 Å². The number of fused-ring (bicyclic) bond motifs is 2. The Kier molecular flexibility index (Phi) is 9.47. The maximum Gasteiger partial charge on any atom is 0.422 e. The SMILES string of the molecule is CC(C)O.O=[N+]([O-])c1ccc2c(C(O)(CN3CCC(c4noc5cc(F)ccc45)CC3)C(F)(F)F)cn(Cc3ccccc3)c2c1. The van der Waals surface area contributed by atoms with Gasteiger partial charge in [0, 0.05) is 65.8 Å². The number of non-ortho nitro benzene ring substituents is 1. The van der Waals surface area contributed by atoms with E-state index in [4.69, 9.17) is 9.63 Å². The van der Waals surface area contributed by atoms with Crippen LogP contribution in [0.15, 0.2) is 77.4 Å². The van der Waals surface area contributed by atoms with Gasteiger partial charge >= 0.3 is 6.18 Å². The van der Waals surface area contributed by atoms with Gasteiger partial charge in [0.05, 0.1) is 16.1 Å². The van der Waals surface area contributed by atoms with Crippen LogP contribution in [0.1, 0.15) is 49.4 Å². The molecule has 1 saturated heterocycles. The fourth-order valence-corrected chi connectivity index (χ4v) is 5.88. The average Bonchev–Trinajstić information content (AvgIpc) is 3.58. The summed E-state index contributed by atoms with van der Waals surface area (Å²) in [6.45, 7) is 3.41. The Balaban J connectivity index is 0.000000985. The Bertz CT molecular complexity index is 1810. The van der Waals surface area contributed by atoms with Crippen molar-refractivity contribution in [3.05, 3.63) is 106 Å². The molecule has 0 aliphatic carbocycles. The molecule has 0 radical (unpaired) electrons. The molecule has 2 aromatic heterocycles. The molecule has 0 bridgehead atoms. The Labute approximate surface area is 261 Å². The molecule has 3 aromatic carbocycles. The molecule has 3 heterocycles. The largest absolute Gasteiger partial charge is 0.422 e. The third-order valence-corrected chi connectivity index (χ3v) is 8.08. The summed E-state index contributed by atoms with van der Waals surface area (Å²) < 4.78 is 64.7. The van der Waals surface area contributed by atoms with Crippen LogP contribution < -0.4 is 0 Å². The summed E-state index contributed by atoms with van der Waals surface area (Å²) in [6, 6.07) is 16.8. The van der Waals surface area contributed by atoms with Crippen molar-refractivity contribution < 1.29 is 37.2 Å². The van der Waals surface area contributed by atoms with Gasteiger partial charge in [-0.05, 0) is 63.5 Å². The number of nitrogens with zero attached hydrogens (tertiary/aromatic N) is 4. The van der Waals surface area contributed by atoms with Crippen molar-refractivity contribution in [1.82, 2.24) is 14.6 Å². The van der Waals surface area contributed by atoms with Crippen LogP contribution in [0.5, 0.6) is 0 Å². The van der Waals surface area contributed by atoms with Gasteiger partial charge in [-0.15, -0.1) is 0 Å². The average molecular weight is 643 g/mol. The number of aliphatic hydroxyl groups is 2. The maximum absolute atomic E-state index is 14.8. The zero-order valence-corrected chi connectivity index (χ0v) is 25.2. The van der Waals surface area contributed by atoms with Crippen LogP contribution in [-0.2, 0) is 12.1 Å². The second-order valence-electron chi connectivity index (χ2n) is 11.8. The summed E-state index contributed by atoms with van der Waals surface area (Å²) in [5, 5.41) is 35.9. The van der Waals surface area contributed by atoms with Gasteiger partial charge in [-0.2, -0.15) is 13.2 Å². The van der Waals surface area contributed by atoms with Crippen LogP contribution in [0.25, 0.3) is 21.9 Å². The number of likely N-dealkylation sites (tertiary alicyclic amines) is 1. The van der Waals surface area contributed by atoms with Gasteiger partial charge in [-0.3, -0.25) is 15.0 Å². The lowest BCUT2D eigenvalue weighted by Gasteiger charge is -2.38. The van der Waals surface area contributed by atoms with E-state index in [2.05, 4.69) is 5.16 Å². The smallest absolute Gasteiger partial charge is 0.394 e. The van der Waals surface area contributed by atoms with Crippen LogP contribution >= 0.6 is 0 Å². The number of piperidine rings is 1. The fourth-order valence-electron chi connectivity index (χ4n) is 5.88. The van der Waals surface area contributed by atoms with E-state index in [-0.39, 0.29) is 53.8 Å². The normalized spacial score (nSPS) is 16.0. The van der Waals surface area contributed by atoms with Crippen LogP contribution in [0.2, 0.25) is 0 Å². The minimum Gasteiger partial charge on any atom is -0.394 e. The minimum atomic E-state index is -5.04. The first-order chi connectivity index (χ1) is 21.8. The molecule has 6 rings (SSSR count). The lowest BCUT2D eigenvalue weighted by molar-refractivity contribution is -0.384. The van der Waals surface area contributed by atoms with Crippen molar-refractivity contribution in [2.75, 3.05) is 19.6 Å². The number of aliphatic hydroxyl groups excluding tert-OH is 1. The van der Waals surface area contributed by atoms with E-state index < -0.39 is 29.1 Å². The number of rotatable bonds is 7. The number of aromatic nitrogens is 2. The zero-order valence-electron chi connectivity index (χ0n) is 25.2. The number of hydrogen-bond donors (Lipinski definition) is 2. The van der Waals surface area contributed by atoms with Crippen LogP contribution in [0.3, 0.4) is 0 Å². The molecule has 1 atom stereocenters. The first-order valence-corrected chi connectivity index (χ1v) is 14.8. The van der Waals surface area contributed by atoms with Gasteiger partial charge in [-0.1, -0.05) is 35.5 Å². The molecule has 1 unspecified atom stereocenters. The fraction of sp³-hybridized carbons (Fsp3) is 0.364. The molecule has 0 saturated carbocycles. The van der Waals surface area contributed by atoms with Gasteiger partial charge in [-0.25, -0.2) is 4.39 Å². The van der Waals surface area contributed by atoms with E-state index >= 15 is 0 Å². The Morgan fingerprint density at radius 3 is 2.33 bits per heavy atom. The van der Waals surface area contributed by atoms with Gasteiger partial charge in [0.1, 0.15) is 5.82 Å². The molecule has 13 heteroatoms. The van der Waals surface area contributed by atoms with Gasteiger partial charge in [0.2, 0.25) is 5.60 Å². The zero-order chi connectivity index (χ0) is 33.2. The predicted molar refractivity (Wildman–Crippen MR) is 164 cm³/mol. The summed E-state index contributed by atoms with van der Waals surface area (Å²) in [5.74, 6) is -0.550. The molecule has 1 fully saturated rings. The lowest BCUT2D eigenvalue weighted by Crippen LogP contribution is -2.52. The number of benzene rings is 3. The van der Waals surface area contributed by atoms with Gasteiger partial charge in [0.15, 0.2) is 5.58 Å². The lowest BCUT2D eigenvalue weighted by atomic mass is 9.88.